The van der Waals surface area contributed by atoms with Gasteiger partial charge in [0.1, 0.15) is 0 Å². The Morgan fingerprint density at radius 1 is 1.11 bits per heavy atom. The summed E-state index contributed by atoms with van der Waals surface area (Å²) in [4.78, 5) is 24.1. The predicted molar refractivity (Wildman–Crippen MR) is 147 cm³/mol. The van der Waals surface area contributed by atoms with Gasteiger partial charge in [0, 0.05) is 47.8 Å². The number of pyridine rings is 1. The number of anilines is 1. The van der Waals surface area contributed by atoms with E-state index in [2.05, 4.69) is 50.0 Å². The van der Waals surface area contributed by atoms with E-state index in [-0.39, 0.29) is 18.0 Å². The van der Waals surface area contributed by atoms with Crippen molar-refractivity contribution in [2.45, 2.75) is 39.3 Å². The molecule has 0 bridgehead atoms. The molecule has 4 heterocycles. The molecule has 5 rings (SSSR count). The molecule has 1 aliphatic heterocycles. The first-order chi connectivity index (χ1) is 17.4. The molecule has 2 atom stereocenters. The number of hydrogen-bond acceptors (Lipinski definition) is 5. The topological polar surface area (TPSA) is 75.1 Å². The van der Waals surface area contributed by atoms with Crippen LogP contribution in [0, 0.1) is 20.8 Å². The first-order valence-electron chi connectivity index (χ1n) is 11.9. The third kappa shape index (κ3) is 4.76. The lowest BCUT2D eigenvalue weighted by Gasteiger charge is -2.28. The molecule has 9 heteroatoms. The van der Waals surface area contributed by atoms with Gasteiger partial charge in [0.05, 0.1) is 17.8 Å². The zero-order valence-electron chi connectivity index (χ0n) is 20.4. The van der Waals surface area contributed by atoms with Crippen LogP contribution in [0.4, 0.5) is 5.69 Å². The molecule has 36 heavy (non-hydrogen) atoms. The highest BCUT2D eigenvalue weighted by Gasteiger charge is 2.41. The fourth-order valence-electron chi connectivity index (χ4n) is 4.86. The summed E-state index contributed by atoms with van der Waals surface area (Å²) in [6, 6.07) is 15.7. The van der Waals surface area contributed by atoms with Crippen LogP contribution in [0.25, 0.3) is 5.13 Å². The molecular formula is C27H28N6OS2. The molecular weight excluding hydrogens is 488 g/mol. The van der Waals surface area contributed by atoms with Crippen LogP contribution in [0.3, 0.4) is 0 Å². The Balaban J connectivity index is 1.45. The van der Waals surface area contributed by atoms with Crippen molar-refractivity contribution >= 4 is 40.3 Å². The van der Waals surface area contributed by atoms with Gasteiger partial charge in [-0.2, -0.15) is 0 Å². The van der Waals surface area contributed by atoms with Gasteiger partial charge in [-0.1, -0.05) is 18.2 Å². The molecule has 1 saturated heterocycles. The number of benzene rings is 1. The normalized spacial score (nSPS) is 17.3. The smallest absolute Gasteiger partial charge is 0.226 e. The quantitative estimate of drug-likeness (QED) is 0.327. The second-order valence-electron chi connectivity index (χ2n) is 8.96. The molecule has 1 aromatic carbocycles. The number of amides is 1. The van der Waals surface area contributed by atoms with Gasteiger partial charge >= 0.3 is 0 Å². The third-order valence-electron chi connectivity index (χ3n) is 6.48. The molecule has 184 valence electrons. The second-order valence-corrected chi connectivity index (χ2v) is 10.2. The minimum absolute atomic E-state index is 0.0447. The SMILES string of the molecule is Cc1cccc(NC(=O)CCN2C(=S)N[C@H](c3ccccn3)[C@@H]2c2cc(C)n(-c3nccs3)c2C)c1. The average molecular weight is 517 g/mol. The van der Waals surface area contributed by atoms with Gasteiger partial charge < -0.3 is 15.5 Å². The average Bonchev–Trinajstić information content (AvgIpc) is 3.56. The van der Waals surface area contributed by atoms with E-state index >= 15 is 0 Å². The fraction of sp³-hybridized carbons (Fsp3) is 0.259. The number of thiazole rings is 1. The molecule has 1 fully saturated rings. The van der Waals surface area contributed by atoms with Gasteiger partial charge in [0.25, 0.3) is 0 Å². The lowest BCUT2D eigenvalue weighted by atomic mass is 9.96. The Bertz CT molecular complexity index is 1380. The lowest BCUT2D eigenvalue weighted by Crippen LogP contribution is -2.32. The summed E-state index contributed by atoms with van der Waals surface area (Å²) in [6.07, 6.45) is 3.93. The summed E-state index contributed by atoms with van der Waals surface area (Å²) in [6.45, 7) is 6.70. The molecule has 0 aliphatic carbocycles. The van der Waals surface area contributed by atoms with Crippen LogP contribution in [0.15, 0.2) is 66.3 Å². The number of thiocarbonyl (C=S) groups is 1. The molecule has 0 saturated carbocycles. The molecule has 1 aliphatic rings. The van der Waals surface area contributed by atoms with E-state index in [0.29, 0.717) is 18.1 Å². The van der Waals surface area contributed by atoms with Gasteiger partial charge in [-0.3, -0.25) is 14.3 Å². The Labute approximate surface area is 220 Å². The Kier molecular flexibility index (Phi) is 6.84. The number of hydrogen-bond donors (Lipinski definition) is 2. The zero-order valence-corrected chi connectivity index (χ0v) is 22.1. The van der Waals surface area contributed by atoms with Crippen LogP contribution >= 0.6 is 23.6 Å². The van der Waals surface area contributed by atoms with Crippen molar-refractivity contribution in [3.63, 3.8) is 0 Å². The summed E-state index contributed by atoms with van der Waals surface area (Å²) in [5, 5.41) is 10.0. The maximum absolute atomic E-state index is 12.8. The summed E-state index contributed by atoms with van der Waals surface area (Å²) in [5.74, 6) is -0.0447. The Hall–Kier alpha value is -3.56. The minimum atomic E-state index is -0.135. The van der Waals surface area contributed by atoms with E-state index in [1.807, 2.05) is 61.0 Å². The number of aryl methyl sites for hydroxylation is 2. The summed E-state index contributed by atoms with van der Waals surface area (Å²) in [7, 11) is 0. The highest BCUT2D eigenvalue weighted by molar-refractivity contribution is 7.80. The molecule has 4 aromatic rings. The maximum atomic E-state index is 12.8. The highest BCUT2D eigenvalue weighted by Crippen LogP contribution is 2.41. The number of nitrogens with zero attached hydrogens (tertiary/aromatic N) is 4. The fourth-order valence-corrected chi connectivity index (χ4v) is 5.94. The first kappa shape index (κ1) is 24.1. The maximum Gasteiger partial charge on any atom is 0.226 e. The predicted octanol–water partition coefficient (Wildman–Crippen LogP) is 5.26. The molecule has 0 unspecified atom stereocenters. The monoisotopic (exact) mass is 516 g/mol. The van der Waals surface area contributed by atoms with Crippen molar-refractivity contribution in [3.05, 3.63) is 94.5 Å². The summed E-state index contributed by atoms with van der Waals surface area (Å²) >= 11 is 7.40. The van der Waals surface area contributed by atoms with E-state index in [1.165, 1.54) is 0 Å². The van der Waals surface area contributed by atoms with E-state index < -0.39 is 0 Å². The second kappa shape index (κ2) is 10.2. The van der Waals surface area contributed by atoms with Gasteiger partial charge in [0.15, 0.2) is 10.2 Å². The molecule has 1 amide bonds. The standard InChI is InChI=1S/C27H28N6OS2/c1-17-7-6-8-20(15-17)30-23(34)10-13-32-25(24(31-26(32)35)22-9-4-5-11-28-22)21-16-18(2)33(19(21)3)27-29-12-14-36-27/h4-9,11-12,14-16,24-25H,10,13H2,1-3H3,(H,30,34)(H,31,35)/t24-,25+/m1/s1. The molecule has 3 aromatic heterocycles. The van der Waals surface area contributed by atoms with E-state index in [9.17, 15) is 4.79 Å². The van der Waals surface area contributed by atoms with Gasteiger partial charge in [-0.25, -0.2) is 4.98 Å². The van der Waals surface area contributed by atoms with Crippen molar-refractivity contribution in [2.75, 3.05) is 11.9 Å². The molecule has 2 N–H and O–H groups in total. The van der Waals surface area contributed by atoms with Gasteiger partial charge in [-0.15, -0.1) is 11.3 Å². The number of rotatable bonds is 7. The van der Waals surface area contributed by atoms with Crippen molar-refractivity contribution in [3.8, 4) is 5.13 Å². The number of carbonyl (C=O) groups excluding carboxylic acids is 1. The number of carbonyl (C=O) groups is 1. The van der Waals surface area contributed by atoms with Gasteiger partial charge in [-0.05, 0) is 74.4 Å². The van der Waals surface area contributed by atoms with Crippen LogP contribution in [0.2, 0.25) is 0 Å². The van der Waals surface area contributed by atoms with Crippen molar-refractivity contribution in [1.82, 2.24) is 24.8 Å². The summed E-state index contributed by atoms with van der Waals surface area (Å²) < 4.78 is 2.18. The molecule has 7 nitrogen and oxygen atoms in total. The van der Waals surface area contributed by atoms with E-state index in [0.717, 1.165) is 39.0 Å². The number of aromatic nitrogens is 3. The van der Waals surface area contributed by atoms with Crippen LogP contribution in [-0.2, 0) is 4.79 Å². The Morgan fingerprint density at radius 3 is 2.69 bits per heavy atom. The highest BCUT2D eigenvalue weighted by atomic mass is 32.1. The third-order valence-corrected chi connectivity index (χ3v) is 7.59. The van der Waals surface area contributed by atoms with Crippen LogP contribution < -0.4 is 10.6 Å². The lowest BCUT2D eigenvalue weighted by molar-refractivity contribution is -0.116. The summed E-state index contributed by atoms with van der Waals surface area (Å²) in [5.41, 5.74) is 6.17. The van der Waals surface area contributed by atoms with Crippen molar-refractivity contribution in [2.24, 2.45) is 0 Å². The van der Waals surface area contributed by atoms with E-state index in [4.69, 9.17) is 12.2 Å². The largest absolute Gasteiger partial charge is 0.352 e. The first-order valence-corrected chi connectivity index (χ1v) is 13.1. The molecule has 0 radical (unpaired) electrons. The van der Waals surface area contributed by atoms with Crippen molar-refractivity contribution in [1.29, 1.82) is 0 Å². The van der Waals surface area contributed by atoms with E-state index in [1.54, 1.807) is 17.5 Å². The van der Waals surface area contributed by atoms with Crippen LogP contribution in [0.1, 0.15) is 46.7 Å². The van der Waals surface area contributed by atoms with Crippen LogP contribution in [0.5, 0.6) is 0 Å². The Morgan fingerprint density at radius 2 is 1.97 bits per heavy atom. The number of nitrogens with one attached hydrogen (secondary N) is 2. The van der Waals surface area contributed by atoms with Crippen LogP contribution in [-0.4, -0.2) is 37.0 Å². The minimum Gasteiger partial charge on any atom is -0.352 e. The van der Waals surface area contributed by atoms with Gasteiger partial charge in [0.2, 0.25) is 5.91 Å². The van der Waals surface area contributed by atoms with Crippen molar-refractivity contribution < 1.29 is 4.79 Å². The zero-order chi connectivity index (χ0) is 25.2. The molecule has 0 spiro atoms.